The minimum Gasteiger partial charge on any atom is -0.357 e. The Morgan fingerprint density at radius 1 is 1.09 bits per heavy atom. The van der Waals surface area contributed by atoms with Gasteiger partial charge in [0.1, 0.15) is 5.82 Å². The standard InChI is InChI=1S/C17H17Cl2N3O/c18-13-4-5-14(19)15(11-13)21-17(23)12-6-7-20-16(10-12)22-8-2-1-3-9-22/h4-7,10-11H,1-3,8-9H2,(H,21,23). The highest BCUT2D eigenvalue weighted by atomic mass is 35.5. The lowest BCUT2D eigenvalue weighted by Crippen LogP contribution is -2.30. The largest absolute Gasteiger partial charge is 0.357 e. The van der Waals surface area contributed by atoms with Crippen LogP contribution >= 0.6 is 23.2 Å². The highest BCUT2D eigenvalue weighted by Gasteiger charge is 2.15. The summed E-state index contributed by atoms with van der Waals surface area (Å²) in [5, 5.41) is 3.77. The molecule has 4 nitrogen and oxygen atoms in total. The Kier molecular flexibility index (Phi) is 5.03. The number of halogens is 2. The number of nitrogens with one attached hydrogen (secondary N) is 1. The molecule has 3 rings (SSSR count). The number of benzene rings is 1. The number of pyridine rings is 1. The van der Waals surface area contributed by atoms with Crippen LogP contribution in [0.4, 0.5) is 11.5 Å². The van der Waals surface area contributed by atoms with E-state index < -0.39 is 0 Å². The Bertz CT molecular complexity index is 715. The molecule has 0 unspecified atom stereocenters. The lowest BCUT2D eigenvalue weighted by atomic mass is 10.1. The maximum atomic E-state index is 12.5. The summed E-state index contributed by atoms with van der Waals surface area (Å²) < 4.78 is 0. The van der Waals surface area contributed by atoms with Gasteiger partial charge in [0.2, 0.25) is 0 Å². The number of amides is 1. The molecule has 1 aliphatic rings. The number of carbonyl (C=O) groups is 1. The minimum absolute atomic E-state index is 0.227. The van der Waals surface area contributed by atoms with E-state index in [1.807, 2.05) is 6.07 Å². The average molecular weight is 350 g/mol. The summed E-state index contributed by atoms with van der Waals surface area (Å²) >= 11 is 12.0. The molecule has 0 radical (unpaired) electrons. The maximum absolute atomic E-state index is 12.5. The maximum Gasteiger partial charge on any atom is 0.255 e. The summed E-state index contributed by atoms with van der Waals surface area (Å²) in [6.45, 7) is 1.97. The smallest absolute Gasteiger partial charge is 0.255 e. The molecule has 23 heavy (non-hydrogen) atoms. The second-order valence-corrected chi connectivity index (χ2v) is 6.37. The van der Waals surface area contributed by atoms with E-state index in [9.17, 15) is 4.79 Å². The molecule has 0 atom stereocenters. The number of aromatic nitrogens is 1. The third-order valence-corrected chi connectivity index (χ3v) is 4.43. The van der Waals surface area contributed by atoms with Gasteiger partial charge in [0.05, 0.1) is 10.7 Å². The van der Waals surface area contributed by atoms with Gasteiger partial charge < -0.3 is 10.2 Å². The molecule has 0 spiro atoms. The van der Waals surface area contributed by atoms with Crippen LogP contribution in [0.3, 0.4) is 0 Å². The molecule has 1 saturated heterocycles. The van der Waals surface area contributed by atoms with Crippen LogP contribution < -0.4 is 10.2 Å². The molecule has 1 fully saturated rings. The number of anilines is 2. The van der Waals surface area contributed by atoms with Gasteiger partial charge in [-0.05, 0) is 49.6 Å². The summed E-state index contributed by atoms with van der Waals surface area (Å²) in [4.78, 5) is 19.1. The molecule has 0 aliphatic carbocycles. The lowest BCUT2D eigenvalue weighted by Gasteiger charge is -2.27. The van der Waals surface area contributed by atoms with Gasteiger partial charge >= 0.3 is 0 Å². The Morgan fingerprint density at radius 2 is 1.87 bits per heavy atom. The molecule has 2 heterocycles. The first-order valence-electron chi connectivity index (χ1n) is 7.61. The summed E-state index contributed by atoms with van der Waals surface area (Å²) in [5.74, 6) is 0.615. The van der Waals surface area contributed by atoms with Crippen molar-refractivity contribution in [3.05, 3.63) is 52.1 Å². The van der Waals surface area contributed by atoms with Crippen molar-refractivity contribution in [1.29, 1.82) is 0 Å². The average Bonchev–Trinajstić information content (AvgIpc) is 2.59. The quantitative estimate of drug-likeness (QED) is 0.878. The second-order valence-electron chi connectivity index (χ2n) is 5.53. The van der Waals surface area contributed by atoms with E-state index >= 15 is 0 Å². The molecule has 1 aromatic heterocycles. The molecule has 1 amide bonds. The second kappa shape index (κ2) is 7.20. The Labute approximate surface area is 145 Å². The van der Waals surface area contributed by atoms with Crippen molar-refractivity contribution in [2.24, 2.45) is 0 Å². The van der Waals surface area contributed by atoms with Gasteiger partial charge in [-0.3, -0.25) is 4.79 Å². The first-order valence-corrected chi connectivity index (χ1v) is 8.36. The van der Waals surface area contributed by atoms with Gasteiger partial charge in [-0.1, -0.05) is 23.2 Å². The summed E-state index contributed by atoms with van der Waals surface area (Å²) in [6.07, 6.45) is 5.24. The van der Waals surface area contributed by atoms with E-state index in [1.165, 1.54) is 6.42 Å². The van der Waals surface area contributed by atoms with Crippen molar-refractivity contribution in [2.75, 3.05) is 23.3 Å². The zero-order valence-corrected chi connectivity index (χ0v) is 14.1. The molecular weight excluding hydrogens is 333 g/mol. The van der Waals surface area contributed by atoms with Crippen molar-refractivity contribution < 1.29 is 4.79 Å². The van der Waals surface area contributed by atoms with Crippen molar-refractivity contribution in [1.82, 2.24) is 4.98 Å². The highest BCUT2D eigenvalue weighted by molar-refractivity contribution is 6.35. The number of nitrogens with zero attached hydrogens (tertiary/aromatic N) is 2. The summed E-state index contributed by atoms with van der Waals surface area (Å²) in [7, 11) is 0. The zero-order chi connectivity index (χ0) is 16.2. The normalized spacial score (nSPS) is 14.6. The topological polar surface area (TPSA) is 45.2 Å². The van der Waals surface area contributed by atoms with E-state index in [0.29, 0.717) is 21.3 Å². The van der Waals surface area contributed by atoms with Crippen LogP contribution in [0.5, 0.6) is 0 Å². The van der Waals surface area contributed by atoms with Crippen molar-refractivity contribution >= 4 is 40.6 Å². The fraction of sp³-hybridized carbons (Fsp3) is 0.294. The van der Waals surface area contributed by atoms with Crippen molar-refractivity contribution in [3.63, 3.8) is 0 Å². The monoisotopic (exact) mass is 349 g/mol. The SMILES string of the molecule is O=C(Nc1cc(Cl)ccc1Cl)c1ccnc(N2CCCCC2)c1. The van der Waals surface area contributed by atoms with E-state index in [0.717, 1.165) is 31.7 Å². The van der Waals surface area contributed by atoms with Crippen LogP contribution in [0.2, 0.25) is 10.0 Å². The van der Waals surface area contributed by atoms with Gasteiger partial charge in [0, 0.05) is 29.9 Å². The number of piperidine rings is 1. The highest BCUT2D eigenvalue weighted by Crippen LogP contribution is 2.26. The number of rotatable bonds is 3. The predicted molar refractivity (Wildman–Crippen MR) is 94.7 cm³/mol. The molecule has 2 aromatic rings. The molecule has 1 aromatic carbocycles. The molecular formula is C17H17Cl2N3O. The minimum atomic E-state index is -0.227. The lowest BCUT2D eigenvalue weighted by molar-refractivity contribution is 0.102. The number of carbonyl (C=O) groups excluding carboxylic acids is 1. The third-order valence-electron chi connectivity index (χ3n) is 3.86. The van der Waals surface area contributed by atoms with E-state index in [2.05, 4.69) is 15.2 Å². The van der Waals surface area contributed by atoms with Crippen molar-refractivity contribution in [3.8, 4) is 0 Å². The van der Waals surface area contributed by atoms with Gasteiger partial charge in [-0.2, -0.15) is 0 Å². The van der Waals surface area contributed by atoms with Crippen LogP contribution in [-0.4, -0.2) is 24.0 Å². The fourth-order valence-corrected chi connectivity index (χ4v) is 2.98. The number of hydrogen-bond acceptors (Lipinski definition) is 3. The van der Waals surface area contributed by atoms with Gasteiger partial charge in [0.15, 0.2) is 0 Å². The third kappa shape index (κ3) is 3.95. The first kappa shape index (κ1) is 16.1. The van der Waals surface area contributed by atoms with Gasteiger partial charge in [-0.15, -0.1) is 0 Å². The van der Waals surface area contributed by atoms with E-state index in [-0.39, 0.29) is 5.91 Å². The Morgan fingerprint density at radius 3 is 2.65 bits per heavy atom. The Balaban J connectivity index is 1.78. The summed E-state index contributed by atoms with van der Waals surface area (Å²) in [5.41, 5.74) is 1.05. The van der Waals surface area contributed by atoms with Crippen LogP contribution in [0.1, 0.15) is 29.6 Å². The van der Waals surface area contributed by atoms with Crippen molar-refractivity contribution in [2.45, 2.75) is 19.3 Å². The molecule has 0 saturated carbocycles. The molecule has 120 valence electrons. The predicted octanol–water partition coefficient (Wildman–Crippen LogP) is 4.63. The van der Waals surface area contributed by atoms with Crippen LogP contribution in [0.25, 0.3) is 0 Å². The fourth-order valence-electron chi connectivity index (χ4n) is 2.64. The zero-order valence-electron chi connectivity index (χ0n) is 12.6. The molecule has 1 N–H and O–H groups in total. The van der Waals surface area contributed by atoms with Crippen LogP contribution in [-0.2, 0) is 0 Å². The van der Waals surface area contributed by atoms with Crippen LogP contribution in [0, 0.1) is 0 Å². The number of hydrogen-bond donors (Lipinski definition) is 1. The van der Waals surface area contributed by atoms with Gasteiger partial charge in [-0.25, -0.2) is 4.98 Å². The first-order chi connectivity index (χ1) is 11.1. The summed E-state index contributed by atoms with van der Waals surface area (Å²) in [6, 6.07) is 8.49. The van der Waals surface area contributed by atoms with E-state index in [1.54, 1.807) is 30.5 Å². The molecule has 1 aliphatic heterocycles. The van der Waals surface area contributed by atoms with Crippen LogP contribution in [0.15, 0.2) is 36.5 Å². The molecule has 6 heteroatoms. The molecule has 0 bridgehead atoms. The Hall–Kier alpha value is -1.78. The van der Waals surface area contributed by atoms with Gasteiger partial charge in [0.25, 0.3) is 5.91 Å². The van der Waals surface area contributed by atoms with E-state index in [4.69, 9.17) is 23.2 Å².